The van der Waals surface area contributed by atoms with Crippen LogP contribution in [0.5, 0.6) is 0 Å². The maximum atomic E-state index is 11.7. The van der Waals surface area contributed by atoms with Gasteiger partial charge in [-0.3, -0.25) is 0 Å². The summed E-state index contributed by atoms with van der Waals surface area (Å²) in [5.74, 6) is 5.74. The first kappa shape index (κ1) is 11.0. The largest absolute Gasteiger partial charge is 0.618 e. The first-order valence-corrected chi connectivity index (χ1v) is 5.34. The highest BCUT2D eigenvalue weighted by molar-refractivity contribution is 6.31. The molecule has 84 valence electrons. The summed E-state index contributed by atoms with van der Waals surface area (Å²) in [6.07, 6.45) is 1.45. The molecule has 5 heteroatoms. The predicted octanol–water partition coefficient (Wildman–Crippen LogP) is 1.83. The number of rotatable bonds is 2. The second-order valence-corrected chi connectivity index (χ2v) is 3.95. The Labute approximate surface area is 98.4 Å². The summed E-state index contributed by atoms with van der Waals surface area (Å²) in [5, 5.41) is 14.6. The van der Waals surface area contributed by atoms with E-state index in [1.54, 1.807) is 18.2 Å². The zero-order chi connectivity index (χ0) is 11.7. The van der Waals surface area contributed by atoms with Crippen molar-refractivity contribution in [2.24, 2.45) is 5.84 Å². The molecule has 0 bridgehead atoms. The average Bonchev–Trinajstić information content (AvgIpc) is 2.28. The molecule has 0 aliphatic heterocycles. The fraction of sp³-hybridized carbons (Fsp3) is 0.182. The molecule has 0 atom stereocenters. The summed E-state index contributed by atoms with van der Waals surface area (Å²) in [5.41, 5.74) is 1.23. The van der Waals surface area contributed by atoms with Crippen LogP contribution in [0.4, 0.5) is 5.69 Å². The number of hydrogen-bond acceptors (Lipinski definition) is 3. The van der Waals surface area contributed by atoms with E-state index < -0.39 is 0 Å². The number of fused-ring (bicyclic) bond motifs is 1. The number of aromatic nitrogens is 1. The topological polar surface area (TPSA) is 56.2 Å². The Morgan fingerprint density at radius 1 is 1.44 bits per heavy atom. The van der Waals surface area contributed by atoms with Gasteiger partial charge < -0.3 is 10.2 Å². The fourth-order valence-corrected chi connectivity index (χ4v) is 1.72. The number of nitrogens with two attached hydrogens (primary N) is 1. The summed E-state index contributed by atoms with van der Waals surface area (Å²) in [6, 6.07) is 7.06. The Hall–Kier alpha value is -1.52. The molecule has 1 aromatic carbocycles. The van der Waals surface area contributed by atoms with E-state index in [1.807, 2.05) is 13.0 Å². The molecule has 2 aromatic rings. The van der Waals surface area contributed by atoms with Crippen LogP contribution in [-0.2, 0) is 0 Å². The number of halogens is 1. The van der Waals surface area contributed by atoms with E-state index in [4.69, 9.17) is 17.4 Å². The minimum atomic E-state index is 0.542. The monoisotopic (exact) mass is 237 g/mol. The molecule has 1 heterocycles. The van der Waals surface area contributed by atoms with Crippen LogP contribution in [0.2, 0.25) is 5.02 Å². The van der Waals surface area contributed by atoms with Crippen molar-refractivity contribution >= 4 is 28.2 Å². The van der Waals surface area contributed by atoms with Gasteiger partial charge in [-0.1, -0.05) is 11.6 Å². The van der Waals surface area contributed by atoms with Gasteiger partial charge in [0.05, 0.1) is 0 Å². The summed E-state index contributed by atoms with van der Waals surface area (Å²) < 4.78 is 0.784. The van der Waals surface area contributed by atoms with Crippen LogP contribution in [0.1, 0.15) is 6.92 Å². The van der Waals surface area contributed by atoms with Crippen LogP contribution < -0.4 is 15.6 Å². The van der Waals surface area contributed by atoms with E-state index in [9.17, 15) is 5.21 Å². The highest BCUT2D eigenvalue weighted by atomic mass is 35.5. The van der Waals surface area contributed by atoms with E-state index in [0.29, 0.717) is 22.8 Å². The first-order chi connectivity index (χ1) is 7.61. The lowest BCUT2D eigenvalue weighted by atomic mass is 10.2. The van der Waals surface area contributed by atoms with E-state index in [-0.39, 0.29) is 0 Å². The number of hydrazine groups is 1. The summed E-state index contributed by atoms with van der Waals surface area (Å²) >= 11 is 5.83. The highest BCUT2D eigenvalue weighted by Crippen LogP contribution is 2.20. The Bertz CT molecular complexity index is 530. The van der Waals surface area contributed by atoms with Gasteiger partial charge in [0.1, 0.15) is 5.69 Å². The maximum Gasteiger partial charge on any atom is 0.225 e. The highest BCUT2D eigenvalue weighted by Gasteiger charge is 2.09. The zero-order valence-corrected chi connectivity index (χ0v) is 9.61. The number of hydrogen-bond donors (Lipinski definition) is 1. The lowest BCUT2D eigenvalue weighted by Gasteiger charge is -2.15. The van der Waals surface area contributed by atoms with Crippen LogP contribution in [0.15, 0.2) is 30.5 Å². The van der Waals surface area contributed by atoms with Gasteiger partial charge in [-0.15, -0.1) is 0 Å². The summed E-state index contributed by atoms with van der Waals surface area (Å²) in [7, 11) is 0. The molecule has 1 aromatic heterocycles. The Morgan fingerprint density at radius 2 is 2.19 bits per heavy atom. The molecular formula is C11H12ClN3O. The Balaban J connectivity index is 2.63. The van der Waals surface area contributed by atoms with Gasteiger partial charge in [-0.05, 0) is 25.1 Å². The van der Waals surface area contributed by atoms with E-state index in [2.05, 4.69) is 0 Å². The van der Waals surface area contributed by atoms with E-state index >= 15 is 0 Å². The molecule has 0 aliphatic rings. The number of benzene rings is 1. The van der Waals surface area contributed by atoms with E-state index in [1.165, 1.54) is 11.2 Å². The molecule has 0 aliphatic carbocycles. The molecule has 0 saturated heterocycles. The molecule has 0 amide bonds. The van der Waals surface area contributed by atoms with Crippen molar-refractivity contribution < 1.29 is 4.73 Å². The van der Waals surface area contributed by atoms with Crippen molar-refractivity contribution in [1.82, 2.24) is 0 Å². The third-order valence-electron chi connectivity index (χ3n) is 2.46. The third kappa shape index (κ3) is 1.89. The van der Waals surface area contributed by atoms with Crippen molar-refractivity contribution in [2.45, 2.75) is 6.92 Å². The first-order valence-electron chi connectivity index (χ1n) is 4.96. The Kier molecular flexibility index (Phi) is 2.85. The quantitative estimate of drug-likeness (QED) is 0.375. The molecule has 0 saturated carbocycles. The molecule has 0 unspecified atom stereocenters. The SMILES string of the molecule is CCN(N)c1cc2ccc(Cl)cc2[n+]([O-])c1. The predicted molar refractivity (Wildman–Crippen MR) is 65.1 cm³/mol. The standard InChI is InChI=1S/C11H12ClN3O/c1-2-14(13)10-5-8-3-4-9(12)6-11(8)15(16)7-10/h3-7H,2,13H2,1H3. The maximum absolute atomic E-state index is 11.7. The van der Waals surface area contributed by atoms with Crippen LogP contribution >= 0.6 is 11.6 Å². The third-order valence-corrected chi connectivity index (χ3v) is 2.69. The average molecular weight is 238 g/mol. The van der Waals surface area contributed by atoms with Gasteiger partial charge in [0.15, 0.2) is 0 Å². The van der Waals surface area contributed by atoms with Crippen molar-refractivity contribution in [3.8, 4) is 0 Å². The Morgan fingerprint density at radius 3 is 2.88 bits per heavy atom. The van der Waals surface area contributed by atoms with Crippen molar-refractivity contribution in [3.63, 3.8) is 0 Å². The van der Waals surface area contributed by atoms with Gasteiger partial charge in [0, 0.05) is 23.0 Å². The minimum Gasteiger partial charge on any atom is -0.618 e. The van der Waals surface area contributed by atoms with Crippen LogP contribution in [0.25, 0.3) is 10.9 Å². The second kappa shape index (κ2) is 4.15. The summed E-state index contributed by atoms with van der Waals surface area (Å²) in [6.45, 7) is 2.56. The lowest BCUT2D eigenvalue weighted by molar-refractivity contribution is -0.576. The van der Waals surface area contributed by atoms with Crippen LogP contribution in [0.3, 0.4) is 0 Å². The lowest BCUT2D eigenvalue weighted by Crippen LogP contribution is -2.34. The molecule has 16 heavy (non-hydrogen) atoms. The molecule has 2 rings (SSSR count). The molecular weight excluding hydrogens is 226 g/mol. The van der Waals surface area contributed by atoms with Crippen molar-refractivity contribution in [2.75, 3.05) is 11.6 Å². The van der Waals surface area contributed by atoms with Gasteiger partial charge in [-0.2, -0.15) is 4.73 Å². The number of pyridine rings is 1. The van der Waals surface area contributed by atoms with Gasteiger partial charge in [0.2, 0.25) is 11.7 Å². The van der Waals surface area contributed by atoms with Crippen molar-refractivity contribution in [1.29, 1.82) is 0 Å². The minimum absolute atomic E-state index is 0.542. The molecule has 0 radical (unpaired) electrons. The second-order valence-electron chi connectivity index (χ2n) is 3.51. The normalized spacial score (nSPS) is 10.7. The number of anilines is 1. The molecule has 0 spiro atoms. The van der Waals surface area contributed by atoms with Crippen LogP contribution in [-0.4, -0.2) is 6.54 Å². The fourth-order valence-electron chi connectivity index (χ4n) is 1.56. The van der Waals surface area contributed by atoms with Crippen LogP contribution in [0, 0.1) is 5.21 Å². The summed E-state index contributed by atoms with van der Waals surface area (Å²) in [4.78, 5) is 0. The molecule has 0 fully saturated rings. The van der Waals surface area contributed by atoms with Gasteiger partial charge in [-0.25, -0.2) is 5.84 Å². The molecule has 4 nitrogen and oxygen atoms in total. The van der Waals surface area contributed by atoms with Gasteiger partial charge in [0.25, 0.3) is 0 Å². The molecule has 2 N–H and O–H groups in total. The number of nitrogens with zero attached hydrogens (tertiary/aromatic N) is 2. The smallest absolute Gasteiger partial charge is 0.225 e. The van der Waals surface area contributed by atoms with Gasteiger partial charge >= 0.3 is 0 Å². The van der Waals surface area contributed by atoms with Crippen molar-refractivity contribution in [3.05, 3.63) is 40.7 Å². The zero-order valence-electron chi connectivity index (χ0n) is 8.85. The van der Waals surface area contributed by atoms with E-state index in [0.717, 1.165) is 10.1 Å².